The number of anilines is 1. The van der Waals surface area contributed by atoms with Crippen molar-refractivity contribution in [1.29, 1.82) is 0 Å². The van der Waals surface area contributed by atoms with E-state index in [9.17, 15) is 0 Å². The van der Waals surface area contributed by atoms with Gasteiger partial charge in [-0.05, 0) is 6.92 Å². The maximum absolute atomic E-state index is 5.50. The molecule has 13 heavy (non-hydrogen) atoms. The molecule has 0 spiro atoms. The third-order valence-corrected chi connectivity index (χ3v) is 2.19. The van der Waals surface area contributed by atoms with Crippen molar-refractivity contribution in [2.24, 2.45) is 0 Å². The first-order chi connectivity index (χ1) is 6.27. The summed E-state index contributed by atoms with van der Waals surface area (Å²) in [6, 6.07) is 0. The van der Waals surface area contributed by atoms with Gasteiger partial charge in [0, 0.05) is 0 Å². The van der Waals surface area contributed by atoms with E-state index < -0.39 is 0 Å². The van der Waals surface area contributed by atoms with Gasteiger partial charge < -0.3 is 5.73 Å². The average Bonchev–Trinajstić information content (AvgIpc) is 2.51. The lowest BCUT2D eigenvalue weighted by Gasteiger charge is -1.88. The van der Waals surface area contributed by atoms with Crippen molar-refractivity contribution >= 4 is 26.8 Å². The Kier molecular flexibility index (Phi) is 3.13. The standard InChI is InChI=1S/C6H6N4S.C2H6/c1-3-4-5(9-2-8-3)11-6(7)10-4;1-2/h2H,1H3,(H2,7,10);1-2H3. The number of aryl methyl sites for hydroxylation is 1. The van der Waals surface area contributed by atoms with E-state index in [4.69, 9.17) is 5.73 Å². The zero-order valence-electron chi connectivity index (χ0n) is 7.90. The van der Waals surface area contributed by atoms with Crippen molar-refractivity contribution < 1.29 is 0 Å². The van der Waals surface area contributed by atoms with Crippen LogP contribution in [0.4, 0.5) is 5.13 Å². The minimum absolute atomic E-state index is 0.545. The summed E-state index contributed by atoms with van der Waals surface area (Å²) in [4.78, 5) is 13.0. The second-order valence-electron chi connectivity index (χ2n) is 2.16. The Hall–Kier alpha value is -1.23. The maximum atomic E-state index is 5.50. The average molecular weight is 196 g/mol. The number of nitrogens with two attached hydrogens (primary N) is 1. The van der Waals surface area contributed by atoms with E-state index in [-0.39, 0.29) is 0 Å². The molecule has 0 radical (unpaired) electrons. The number of hydrogen-bond acceptors (Lipinski definition) is 5. The SMILES string of the molecule is CC.Cc1ncnc2sc(N)nc12. The highest BCUT2D eigenvalue weighted by atomic mass is 32.1. The van der Waals surface area contributed by atoms with Crippen LogP contribution in [0.1, 0.15) is 19.5 Å². The van der Waals surface area contributed by atoms with Crippen molar-refractivity contribution in [2.75, 3.05) is 5.73 Å². The Bertz CT molecular complexity index is 396. The summed E-state index contributed by atoms with van der Waals surface area (Å²) in [5, 5.41) is 0.545. The second kappa shape index (κ2) is 4.13. The first-order valence-corrected chi connectivity index (χ1v) is 4.92. The molecule has 0 fully saturated rings. The molecule has 0 bridgehead atoms. The number of thiazole rings is 1. The van der Waals surface area contributed by atoms with Crippen molar-refractivity contribution in [2.45, 2.75) is 20.8 Å². The molecule has 0 atom stereocenters. The summed E-state index contributed by atoms with van der Waals surface area (Å²) >= 11 is 1.38. The summed E-state index contributed by atoms with van der Waals surface area (Å²) in [6.07, 6.45) is 1.52. The van der Waals surface area contributed by atoms with Crippen LogP contribution in [0.25, 0.3) is 10.3 Å². The summed E-state index contributed by atoms with van der Waals surface area (Å²) in [7, 11) is 0. The van der Waals surface area contributed by atoms with Gasteiger partial charge in [-0.2, -0.15) is 0 Å². The topological polar surface area (TPSA) is 64.7 Å². The molecule has 2 N–H and O–H groups in total. The van der Waals surface area contributed by atoms with Gasteiger partial charge >= 0.3 is 0 Å². The van der Waals surface area contributed by atoms with Crippen molar-refractivity contribution in [3.8, 4) is 0 Å². The molecule has 0 aliphatic rings. The quantitative estimate of drug-likeness (QED) is 0.700. The molecule has 0 aromatic carbocycles. The highest BCUT2D eigenvalue weighted by molar-refractivity contribution is 7.21. The highest BCUT2D eigenvalue weighted by Gasteiger charge is 2.03. The van der Waals surface area contributed by atoms with E-state index in [1.807, 2.05) is 20.8 Å². The summed E-state index contributed by atoms with van der Waals surface area (Å²) in [5.74, 6) is 0. The molecule has 0 amide bonds. The lowest BCUT2D eigenvalue weighted by molar-refractivity contribution is 1.15. The largest absolute Gasteiger partial charge is 0.375 e. The zero-order valence-corrected chi connectivity index (χ0v) is 8.72. The number of rotatable bonds is 0. The molecule has 5 heteroatoms. The third kappa shape index (κ3) is 1.92. The summed E-state index contributed by atoms with van der Waals surface area (Å²) < 4.78 is 0. The molecule has 0 saturated carbocycles. The van der Waals surface area contributed by atoms with Gasteiger partial charge in [-0.15, -0.1) is 0 Å². The molecule has 2 heterocycles. The van der Waals surface area contributed by atoms with Crippen LogP contribution >= 0.6 is 11.3 Å². The molecule has 2 aromatic rings. The minimum Gasteiger partial charge on any atom is -0.375 e. The van der Waals surface area contributed by atoms with Gasteiger partial charge in [0.25, 0.3) is 0 Å². The van der Waals surface area contributed by atoms with Crippen molar-refractivity contribution in [3.05, 3.63) is 12.0 Å². The van der Waals surface area contributed by atoms with Gasteiger partial charge in [0.15, 0.2) is 5.13 Å². The number of fused-ring (bicyclic) bond motifs is 1. The lowest BCUT2D eigenvalue weighted by atomic mass is 10.4. The normalized spacial score (nSPS) is 9.46. The fourth-order valence-corrected chi connectivity index (χ4v) is 1.61. The predicted octanol–water partition coefficient (Wildman–Crippen LogP) is 2.00. The molecular weight excluding hydrogens is 184 g/mol. The van der Waals surface area contributed by atoms with Crippen LogP contribution in [-0.4, -0.2) is 15.0 Å². The van der Waals surface area contributed by atoms with Gasteiger partial charge in [0.1, 0.15) is 16.7 Å². The van der Waals surface area contributed by atoms with Crippen LogP contribution in [0.5, 0.6) is 0 Å². The van der Waals surface area contributed by atoms with Gasteiger partial charge in [0.2, 0.25) is 0 Å². The first-order valence-electron chi connectivity index (χ1n) is 4.11. The van der Waals surface area contributed by atoms with E-state index in [1.165, 1.54) is 17.7 Å². The molecule has 0 aliphatic carbocycles. The van der Waals surface area contributed by atoms with Gasteiger partial charge in [-0.3, -0.25) is 0 Å². The number of nitrogens with zero attached hydrogens (tertiary/aromatic N) is 3. The van der Waals surface area contributed by atoms with E-state index in [0.29, 0.717) is 5.13 Å². The molecule has 0 aliphatic heterocycles. The Balaban J connectivity index is 0.000000396. The Morgan fingerprint density at radius 2 is 2.00 bits per heavy atom. The van der Waals surface area contributed by atoms with Crippen LogP contribution < -0.4 is 5.73 Å². The minimum atomic E-state index is 0.545. The molecule has 0 unspecified atom stereocenters. The Labute approximate surface area is 80.9 Å². The molecule has 70 valence electrons. The summed E-state index contributed by atoms with van der Waals surface area (Å²) in [5.41, 5.74) is 7.19. The zero-order chi connectivity index (χ0) is 9.84. The van der Waals surface area contributed by atoms with Crippen molar-refractivity contribution in [3.63, 3.8) is 0 Å². The van der Waals surface area contributed by atoms with Crippen LogP contribution in [0.15, 0.2) is 6.33 Å². The number of aromatic nitrogens is 3. The Morgan fingerprint density at radius 1 is 1.31 bits per heavy atom. The molecule has 2 rings (SSSR count). The smallest absolute Gasteiger partial charge is 0.182 e. The fraction of sp³-hybridized carbons (Fsp3) is 0.375. The van der Waals surface area contributed by atoms with E-state index in [0.717, 1.165) is 16.0 Å². The molecule has 4 nitrogen and oxygen atoms in total. The lowest BCUT2D eigenvalue weighted by Crippen LogP contribution is -1.85. The van der Waals surface area contributed by atoms with Crippen molar-refractivity contribution in [1.82, 2.24) is 15.0 Å². The monoisotopic (exact) mass is 196 g/mol. The van der Waals surface area contributed by atoms with Gasteiger partial charge in [0.05, 0.1) is 5.69 Å². The molecular formula is C8H12N4S. The van der Waals surface area contributed by atoms with Crippen LogP contribution in [0.3, 0.4) is 0 Å². The van der Waals surface area contributed by atoms with Crippen LogP contribution in [-0.2, 0) is 0 Å². The van der Waals surface area contributed by atoms with E-state index in [2.05, 4.69) is 15.0 Å². The Morgan fingerprint density at radius 3 is 2.62 bits per heavy atom. The highest BCUT2D eigenvalue weighted by Crippen LogP contribution is 2.21. The van der Waals surface area contributed by atoms with E-state index in [1.54, 1.807) is 0 Å². The molecule has 2 aromatic heterocycles. The number of nitrogen functional groups attached to an aromatic ring is 1. The van der Waals surface area contributed by atoms with Crippen LogP contribution in [0, 0.1) is 6.92 Å². The second-order valence-corrected chi connectivity index (χ2v) is 3.17. The first kappa shape index (κ1) is 9.85. The van der Waals surface area contributed by atoms with Gasteiger partial charge in [-0.1, -0.05) is 25.2 Å². The number of hydrogen-bond donors (Lipinski definition) is 1. The van der Waals surface area contributed by atoms with Crippen LogP contribution in [0.2, 0.25) is 0 Å². The van der Waals surface area contributed by atoms with Gasteiger partial charge in [-0.25, -0.2) is 15.0 Å². The predicted molar refractivity (Wildman–Crippen MR) is 55.7 cm³/mol. The summed E-state index contributed by atoms with van der Waals surface area (Å²) in [6.45, 7) is 5.89. The third-order valence-electron chi connectivity index (χ3n) is 1.39. The maximum Gasteiger partial charge on any atom is 0.182 e. The van der Waals surface area contributed by atoms with E-state index >= 15 is 0 Å². The fourth-order valence-electron chi connectivity index (χ4n) is 0.880. The molecule has 0 saturated heterocycles.